The Morgan fingerprint density at radius 1 is 1.38 bits per heavy atom. The summed E-state index contributed by atoms with van der Waals surface area (Å²) < 4.78 is 6.56. The number of halogens is 1. The fourth-order valence-corrected chi connectivity index (χ4v) is 4.65. The molecule has 0 saturated carbocycles. The molecule has 2 aromatic rings. The van der Waals surface area contributed by atoms with Gasteiger partial charge in [0, 0.05) is 41.9 Å². The van der Waals surface area contributed by atoms with Gasteiger partial charge < -0.3 is 19.6 Å². The molecule has 7 nitrogen and oxygen atoms in total. The quantitative estimate of drug-likeness (QED) is 0.567. The molecule has 32 heavy (non-hydrogen) atoms. The lowest BCUT2D eigenvalue weighted by Gasteiger charge is -2.34. The average molecular weight is 501 g/mol. The van der Waals surface area contributed by atoms with Gasteiger partial charge in [-0.25, -0.2) is 0 Å². The van der Waals surface area contributed by atoms with Crippen molar-refractivity contribution in [1.82, 2.24) is 14.8 Å². The second-order valence-corrected chi connectivity index (χ2v) is 8.81. The summed E-state index contributed by atoms with van der Waals surface area (Å²) >= 11 is 3.66. The maximum absolute atomic E-state index is 13.5. The standard InChI is InChI=1S/C24H29BrN4O3/c1-4-32-23-13-22(27-15-18(23)14-26)16(2)29-8-6-19-20(24(29)31)11-17(12-21(19)25)5-7-28(3)9-10-30/h11-13,15-16,30H,4-10H2,1-3H3. The van der Waals surface area contributed by atoms with Gasteiger partial charge in [0.2, 0.25) is 0 Å². The summed E-state index contributed by atoms with van der Waals surface area (Å²) in [7, 11) is 1.97. The van der Waals surface area contributed by atoms with Gasteiger partial charge in [-0.15, -0.1) is 0 Å². The van der Waals surface area contributed by atoms with Crippen LogP contribution in [0.4, 0.5) is 0 Å². The Balaban J connectivity index is 1.84. The Kier molecular flexibility index (Phi) is 8.24. The number of nitriles is 1. The van der Waals surface area contributed by atoms with Crippen LogP contribution >= 0.6 is 15.9 Å². The second-order valence-electron chi connectivity index (χ2n) is 7.96. The molecule has 1 aliphatic rings. The zero-order valence-electron chi connectivity index (χ0n) is 18.8. The minimum atomic E-state index is -0.249. The van der Waals surface area contributed by atoms with Gasteiger partial charge in [0.05, 0.1) is 24.9 Å². The zero-order valence-corrected chi connectivity index (χ0v) is 20.4. The van der Waals surface area contributed by atoms with Crippen molar-refractivity contribution in [3.05, 3.63) is 56.8 Å². The van der Waals surface area contributed by atoms with Gasteiger partial charge in [0.25, 0.3) is 5.91 Å². The molecule has 1 aromatic heterocycles. The van der Waals surface area contributed by atoms with Crippen molar-refractivity contribution in [3.8, 4) is 11.8 Å². The number of pyridine rings is 1. The van der Waals surface area contributed by atoms with E-state index >= 15 is 0 Å². The number of nitrogens with zero attached hydrogens (tertiary/aromatic N) is 4. The van der Waals surface area contributed by atoms with Crippen molar-refractivity contribution in [2.24, 2.45) is 0 Å². The third-order valence-corrected chi connectivity index (χ3v) is 6.52. The molecule has 1 aromatic carbocycles. The Hall–Kier alpha value is -2.47. The Labute approximate surface area is 197 Å². The van der Waals surface area contributed by atoms with E-state index in [0.717, 1.165) is 40.5 Å². The summed E-state index contributed by atoms with van der Waals surface area (Å²) in [6.45, 7) is 6.42. The average Bonchev–Trinajstić information content (AvgIpc) is 2.78. The van der Waals surface area contributed by atoms with Crippen molar-refractivity contribution in [1.29, 1.82) is 5.26 Å². The van der Waals surface area contributed by atoms with Crippen molar-refractivity contribution in [2.75, 3.05) is 39.9 Å². The van der Waals surface area contributed by atoms with Gasteiger partial charge in [-0.1, -0.05) is 15.9 Å². The summed E-state index contributed by atoms with van der Waals surface area (Å²) in [5, 5.41) is 18.4. The first-order chi connectivity index (χ1) is 15.4. The van der Waals surface area contributed by atoms with Gasteiger partial charge in [-0.3, -0.25) is 9.78 Å². The molecule has 0 saturated heterocycles. The molecule has 0 fully saturated rings. The van der Waals surface area contributed by atoms with Gasteiger partial charge in [-0.05, 0) is 57.0 Å². The SMILES string of the molecule is CCOc1cc(C(C)N2CCc3c(Br)cc(CCN(C)CCO)cc3C2=O)ncc1C#N. The number of likely N-dealkylation sites (N-methyl/N-ethyl adjacent to an activating group) is 1. The topological polar surface area (TPSA) is 89.7 Å². The van der Waals surface area contributed by atoms with E-state index in [9.17, 15) is 10.1 Å². The molecule has 0 bridgehead atoms. The fourth-order valence-electron chi connectivity index (χ4n) is 3.94. The number of hydrogen-bond donors (Lipinski definition) is 1. The highest BCUT2D eigenvalue weighted by molar-refractivity contribution is 9.10. The molecule has 0 radical (unpaired) electrons. The van der Waals surface area contributed by atoms with Crippen LogP contribution in [-0.2, 0) is 12.8 Å². The molecule has 170 valence electrons. The molecular weight excluding hydrogens is 472 g/mol. The number of carbonyl (C=O) groups is 1. The monoisotopic (exact) mass is 500 g/mol. The van der Waals surface area contributed by atoms with Crippen LogP contribution in [0.1, 0.15) is 52.6 Å². The summed E-state index contributed by atoms with van der Waals surface area (Å²) in [6, 6.07) is 7.69. The predicted molar refractivity (Wildman–Crippen MR) is 126 cm³/mol. The van der Waals surface area contributed by atoms with Crippen molar-refractivity contribution in [2.45, 2.75) is 32.7 Å². The molecule has 1 unspecified atom stereocenters. The van der Waals surface area contributed by atoms with E-state index in [1.807, 2.05) is 31.9 Å². The first kappa shape index (κ1) is 24.2. The van der Waals surface area contributed by atoms with Crippen molar-refractivity contribution < 1.29 is 14.6 Å². The minimum Gasteiger partial charge on any atom is -0.492 e. The van der Waals surface area contributed by atoms with E-state index in [0.29, 0.717) is 36.7 Å². The van der Waals surface area contributed by atoms with Crippen LogP contribution in [0.2, 0.25) is 0 Å². The van der Waals surface area contributed by atoms with Gasteiger partial charge in [0.1, 0.15) is 17.4 Å². The molecule has 1 N–H and O–H groups in total. The van der Waals surface area contributed by atoms with Crippen LogP contribution in [0.3, 0.4) is 0 Å². The van der Waals surface area contributed by atoms with Crippen LogP contribution in [0.5, 0.6) is 5.75 Å². The number of aliphatic hydroxyl groups is 1. The lowest BCUT2D eigenvalue weighted by molar-refractivity contribution is 0.0668. The van der Waals surface area contributed by atoms with E-state index in [2.05, 4.69) is 37.9 Å². The first-order valence-electron chi connectivity index (χ1n) is 10.8. The van der Waals surface area contributed by atoms with Gasteiger partial charge >= 0.3 is 0 Å². The third-order valence-electron chi connectivity index (χ3n) is 5.82. The molecule has 1 atom stereocenters. The highest BCUT2D eigenvalue weighted by Gasteiger charge is 2.31. The smallest absolute Gasteiger partial charge is 0.254 e. The molecule has 2 heterocycles. The minimum absolute atomic E-state index is 0.0193. The molecule has 1 aliphatic heterocycles. The summed E-state index contributed by atoms with van der Waals surface area (Å²) in [5.74, 6) is 0.475. The maximum atomic E-state index is 13.5. The number of ether oxygens (including phenoxy) is 1. The number of benzene rings is 1. The molecule has 0 aliphatic carbocycles. The number of fused-ring (bicyclic) bond motifs is 1. The van der Waals surface area contributed by atoms with Crippen molar-refractivity contribution >= 4 is 21.8 Å². The lowest BCUT2D eigenvalue weighted by atomic mass is 9.94. The fraction of sp³-hybridized carbons (Fsp3) is 0.458. The number of amides is 1. The number of aliphatic hydroxyl groups excluding tert-OH is 1. The molecule has 0 spiro atoms. The molecular formula is C24H29BrN4O3. The molecule has 3 rings (SSSR count). The molecule has 1 amide bonds. The number of carbonyl (C=O) groups excluding carboxylic acids is 1. The van der Waals surface area contributed by atoms with E-state index in [1.165, 1.54) is 6.20 Å². The van der Waals surface area contributed by atoms with Crippen LogP contribution in [0.15, 0.2) is 28.9 Å². The normalized spacial score (nSPS) is 14.3. The summed E-state index contributed by atoms with van der Waals surface area (Å²) in [6.07, 6.45) is 3.06. The largest absolute Gasteiger partial charge is 0.492 e. The van der Waals surface area contributed by atoms with Gasteiger partial charge in [-0.2, -0.15) is 5.26 Å². The second kappa shape index (κ2) is 10.9. The summed E-state index contributed by atoms with van der Waals surface area (Å²) in [4.78, 5) is 21.8. The van der Waals surface area contributed by atoms with E-state index in [-0.39, 0.29) is 18.6 Å². The zero-order chi connectivity index (χ0) is 23.3. The number of hydrogen-bond acceptors (Lipinski definition) is 6. The Bertz CT molecular complexity index is 1020. The highest BCUT2D eigenvalue weighted by Crippen LogP contribution is 2.33. The summed E-state index contributed by atoms with van der Waals surface area (Å²) in [5.41, 5.74) is 3.92. The Morgan fingerprint density at radius 2 is 2.16 bits per heavy atom. The van der Waals surface area contributed by atoms with Crippen LogP contribution in [0.25, 0.3) is 0 Å². The molecule has 8 heteroatoms. The van der Waals surface area contributed by atoms with Crippen LogP contribution in [0, 0.1) is 11.3 Å². The van der Waals surface area contributed by atoms with E-state index in [1.54, 1.807) is 6.07 Å². The predicted octanol–water partition coefficient (Wildman–Crippen LogP) is 3.34. The van der Waals surface area contributed by atoms with E-state index in [4.69, 9.17) is 9.84 Å². The number of rotatable bonds is 9. The maximum Gasteiger partial charge on any atom is 0.254 e. The van der Waals surface area contributed by atoms with E-state index < -0.39 is 0 Å². The van der Waals surface area contributed by atoms with Gasteiger partial charge in [0.15, 0.2) is 0 Å². The first-order valence-corrected chi connectivity index (χ1v) is 11.6. The highest BCUT2D eigenvalue weighted by atomic mass is 79.9. The number of aromatic nitrogens is 1. The van der Waals surface area contributed by atoms with Crippen LogP contribution < -0.4 is 4.74 Å². The third kappa shape index (κ3) is 5.29. The van der Waals surface area contributed by atoms with Crippen LogP contribution in [-0.4, -0.2) is 65.7 Å². The Morgan fingerprint density at radius 3 is 2.84 bits per heavy atom. The van der Waals surface area contributed by atoms with Crippen molar-refractivity contribution in [3.63, 3.8) is 0 Å². The lowest BCUT2D eigenvalue weighted by Crippen LogP contribution is -2.40.